The average molecular weight is 213 g/mol. The number of hydrogen-bond acceptors (Lipinski definition) is 1. The number of hydrogen-bond donors (Lipinski definition) is 0. The molecule has 0 radical (unpaired) electrons. The van der Waals surface area contributed by atoms with Crippen LogP contribution in [0.15, 0.2) is 0 Å². The summed E-state index contributed by atoms with van der Waals surface area (Å²) in [7, 11) is 0. The van der Waals surface area contributed by atoms with Gasteiger partial charge in [-0.15, -0.1) is 0 Å². The highest BCUT2D eigenvalue weighted by atomic mass is 15.1. The molecule has 0 N–H and O–H groups in total. The molecule has 0 fully saturated rings. The van der Waals surface area contributed by atoms with Crippen molar-refractivity contribution in [2.24, 2.45) is 5.92 Å². The molecule has 0 aliphatic heterocycles. The molecule has 0 aromatic heterocycles. The maximum Gasteiger partial charge on any atom is 0.000427 e. The van der Waals surface area contributed by atoms with Crippen molar-refractivity contribution in [2.75, 3.05) is 19.6 Å². The molecule has 0 aromatic rings. The smallest absolute Gasteiger partial charge is 0.000427 e. The molecule has 0 aliphatic rings. The largest absolute Gasteiger partial charge is 0.303 e. The zero-order valence-electron chi connectivity index (χ0n) is 11.4. The summed E-state index contributed by atoms with van der Waals surface area (Å²) in [6.45, 7) is 13.0. The van der Waals surface area contributed by atoms with Gasteiger partial charge in [0.2, 0.25) is 0 Å². The third-order valence-corrected chi connectivity index (χ3v) is 2.90. The zero-order valence-corrected chi connectivity index (χ0v) is 11.4. The van der Waals surface area contributed by atoms with Gasteiger partial charge in [-0.2, -0.15) is 0 Å². The van der Waals surface area contributed by atoms with Crippen molar-refractivity contribution >= 4 is 0 Å². The van der Waals surface area contributed by atoms with Crippen molar-refractivity contribution in [1.29, 1.82) is 0 Å². The SMILES string of the molecule is CCCCCCCCN(CC)CC(C)C. The Bertz CT molecular complexity index is 121. The van der Waals surface area contributed by atoms with E-state index in [1.807, 2.05) is 0 Å². The van der Waals surface area contributed by atoms with Crippen LogP contribution in [0.1, 0.15) is 66.2 Å². The number of rotatable bonds is 10. The molecule has 15 heavy (non-hydrogen) atoms. The molecular formula is C14H31N. The summed E-state index contributed by atoms with van der Waals surface area (Å²) < 4.78 is 0. The highest BCUT2D eigenvalue weighted by Gasteiger charge is 2.03. The number of unbranched alkanes of at least 4 members (excludes halogenated alkanes) is 5. The van der Waals surface area contributed by atoms with Crippen LogP contribution in [-0.4, -0.2) is 24.5 Å². The van der Waals surface area contributed by atoms with E-state index in [4.69, 9.17) is 0 Å². The van der Waals surface area contributed by atoms with Crippen LogP contribution in [0.2, 0.25) is 0 Å². The fraction of sp³-hybridized carbons (Fsp3) is 1.00. The molecule has 0 atom stereocenters. The highest BCUT2D eigenvalue weighted by Crippen LogP contribution is 2.07. The lowest BCUT2D eigenvalue weighted by atomic mass is 10.1. The summed E-state index contributed by atoms with van der Waals surface area (Å²) in [5.74, 6) is 0.810. The monoisotopic (exact) mass is 213 g/mol. The van der Waals surface area contributed by atoms with E-state index in [2.05, 4.69) is 32.6 Å². The third kappa shape index (κ3) is 10.2. The Kier molecular flexibility index (Phi) is 10.4. The fourth-order valence-electron chi connectivity index (χ4n) is 2.01. The molecule has 0 heterocycles. The van der Waals surface area contributed by atoms with E-state index in [0.29, 0.717) is 0 Å². The number of nitrogens with zero attached hydrogens (tertiary/aromatic N) is 1. The van der Waals surface area contributed by atoms with E-state index in [0.717, 1.165) is 5.92 Å². The molecule has 0 saturated heterocycles. The maximum absolute atomic E-state index is 2.59. The Morgan fingerprint density at radius 3 is 2.00 bits per heavy atom. The third-order valence-electron chi connectivity index (χ3n) is 2.90. The molecule has 0 aromatic carbocycles. The van der Waals surface area contributed by atoms with Gasteiger partial charge in [0.05, 0.1) is 0 Å². The second-order valence-electron chi connectivity index (χ2n) is 5.05. The summed E-state index contributed by atoms with van der Waals surface area (Å²) >= 11 is 0. The summed E-state index contributed by atoms with van der Waals surface area (Å²) in [6, 6.07) is 0. The molecular weight excluding hydrogens is 182 g/mol. The topological polar surface area (TPSA) is 3.24 Å². The Hall–Kier alpha value is -0.0400. The summed E-state index contributed by atoms with van der Waals surface area (Å²) in [4.78, 5) is 2.59. The molecule has 92 valence electrons. The van der Waals surface area contributed by atoms with Crippen molar-refractivity contribution in [3.05, 3.63) is 0 Å². The van der Waals surface area contributed by atoms with Gasteiger partial charge >= 0.3 is 0 Å². The summed E-state index contributed by atoms with van der Waals surface area (Å²) in [5, 5.41) is 0. The van der Waals surface area contributed by atoms with Gasteiger partial charge in [0.25, 0.3) is 0 Å². The van der Waals surface area contributed by atoms with Gasteiger partial charge in [0.1, 0.15) is 0 Å². The van der Waals surface area contributed by atoms with Crippen molar-refractivity contribution in [3.63, 3.8) is 0 Å². The van der Waals surface area contributed by atoms with Gasteiger partial charge in [-0.05, 0) is 25.4 Å². The normalized spacial score (nSPS) is 11.6. The zero-order chi connectivity index (χ0) is 11.5. The minimum absolute atomic E-state index is 0.810. The lowest BCUT2D eigenvalue weighted by Gasteiger charge is -2.22. The molecule has 0 aliphatic carbocycles. The fourth-order valence-corrected chi connectivity index (χ4v) is 2.01. The lowest BCUT2D eigenvalue weighted by Crippen LogP contribution is -2.28. The first-order valence-electron chi connectivity index (χ1n) is 6.93. The van der Waals surface area contributed by atoms with Crippen LogP contribution in [0, 0.1) is 5.92 Å². The first kappa shape index (κ1) is 15.0. The molecule has 0 spiro atoms. The molecule has 1 nitrogen and oxygen atoms in total. The van der Waals surface area contributed by atoms with Crippen LogP contribution < -0.4 is 0 Å². The minimum atomic E-state index is 0.810. The van der Waals surface area contributed by atoms with Crippen molar-refractivity contribution in [2.45, 2.75) is 66.2 Å². The predicted octanol–water partition coefficient (Wildman–Crippen LogP) is 4.32. The van der Waals surface area contributed by atoms with Crippen LogP contribution in [0.3, 0.4) is 0 Å². The maximum atomic E-state index is 2.59. The molecule has 0 rings (SSSR count). The minimum Gasteiger partial charge on any atom is -0.303 e. The first-order chi connectivity index (χ1) is 7.20. The quantitative estimate of drug-likeness (QED) is 0.488. The van der Waals surface area contributed by atoms with E-state index in [9.17, 15) is 0 Å². The first-order valence-corrected chi connectivity index (χ1v) is 6.93. The van der Waals surface area contributed by atoms with Gasteiger partial charge in [0.15, 0.2) is 0 Å². The van der Waals surface area contributed by atoms with Crippen LogP contribution in [0.4, 0.5) is 0 Å². The van der Waals surface area contributed by atoms with Crippen LogP contribution in [-0.2, 0) is 0 Å². The van der Waals surface area contributed by atoms with Crippen LogP contribution >= 0.6 is 0 Å². The predicted molar refractivity (Wildman–Crippen MR) is 70.3 cm³/mol. The molecule has 1 heteroatoms. The van der Waals surface area contributed by atoms with Crippen molar-refractivity contribution in [3.8, 4) is 0 Å². The molecule has 0 amide bonds. The molecule has 0 saturated carbocycles. The summed E-state index contributed by atoms with van der Waals surface area (Å²) in [5.41, 5.74) is 0. The van der Waals surface area contributed by atoms with Gasteiger partial charge in [-0.3, -0.25) is 0 Å². The van der Waals surface area contributed by atoms with Gasteiger partial charge < -0.3 is 4.90 Å². The van der Waals surface area contributed by atoms with E-state index < -0.39 is 0 Å². The Balaban J connectivity index is 3.30. The lowest BCUT2D eigenvalue weighted by molar-refractivity contribution is 0.250. The summed E-state index contributed by atoms with van der Waals surface area (Å²) in [6.07, 6.45) is 8.47. The van der Waals surface area contributed by atoms with Crippen molar-refractivity contribution in [1.82, 2.24) is 4.90 Å². The van der Waals surface area contributed by atoms with Gasteiger partial charge in [-0.1, -0.05) is 59.8 Å². The van der Waals surface area contributed by atoms with Gasteiger partial charge in [-0.25, -0.2) is 0 Å². The standard InChI is InChI=1S/C14H31N/c1-5-7-8-9-10-11-12-15(6-2)13-14(3)4/h14H,5-13H2,1-4H3. The molecule has 0 bridgehead atoms. The van der Waals surface area contributed by atoms with E-state index in [-0.39, 0.29) is 0 Å². The highest BCUT2D eigenvalue weighted by molar-refractivity contribution is 4.58. The Morgan fingerprint density at radius 2 is 1.47 bits per heavy atom. The Morgan fingerprint density at radius 1 is 0.867 bits per heavy atom. The Labute approximate surface area is 97.2 Å². The average Bonchev–Trinajstić information content (AvgIpc) is 2.20. The van der Waals surface area contributed by atoms with Crippen LogP contribution in [0.25, 0.3) is 0 Å². The van der Waals surface area contributed by atoms with Gasteiger partial charge in [0, 0.05) is 6.54 Å². The molecule has 0 unspecified atom stereocenters. The van der Waals surface area contributed by atoms with E-state index in [1.54, 1.807) is 0 Å². The second-order valence-corrected chi connectivity index (χ2v) is 5.05. The van der Waals surface area contributed by atoms with Crippen LogP contribution in [0.5, 0.6) is 0 Å². The van der Waals surface area contributed by atoms with Crippen molar-refractivity contribution < 1.29 is 0 Å². The van der Waals surface area contributed by atoms with E-state index >= 15 is 0 Å². The second kappa shape index (κ2) is 10.5. The van der Waals surface area contributed by atoms with E-state index in [1.165, 1.54) is 58.2 Å².